The van der Waals surface area contributed by atoms with Crippen LogP contribution < -0.4 is 5.32 Å². The highest BCUT2D eigenvalue weighted by atomic mass is 16.6. The van der Waals surface area contributed by atoms with Crippen molar-refractivity contribution in [2.24, 2.45) is 0 Å². The van der Waals surface area contributed by atoms with Crippen molar-refractivity contribution >= 4 is 23.4 Å². The lowest BCUT2D eigenvalue weighted by Crippen LogP contribution is -2.41. The van der Waals surface area contributed by atoms with Gasteiger partial charge >= 0.3 is 0 Å². The minimum absolute atomic E-state index is 0.0554. The molecule has 1 heterocycles. The quantitative estimate of drug-likeness (QED) is 0.450. The average molecular weight is 381 g/mol. The summed E-state index contributed by atoms with van der Waals surface area (Å²) in [5, 5.41) is 14.0. The predicted octanol–water partition coefficient (Wildman–Crippen LogP) is 2.85. The molecule has 1 unspecified atom stereocenters. The number of nitro groups is 1. The van der Waals surface area contributed by atoms with Gasteiger partial charge in [-0.2, -0.15) is 0 Å². The highest BCUT2D eigenvalue weighted by molar-refractivity contribution is 6.24. The maximum absolute atomic E-state index is 12.6. The molecule has 28 heavy (non-hydrogen) atoms. The van der Waals surface area contributed by atoms with Crippen LogP contribution in [0, 0.1) is 10.1 Å². The molecule has 0 fully saturated rings. The van der Waals surface area contributed by atoms with Gasteiger partial charge in [-0.3, -0.25) is 29.4 Å². The van der Waals surface area contributed by atoms with E-state index in [1.54, 1.807) is 0 Å². The van der Waals surface area contributed by atoms with E-state index in [9.17, 15) is 24.5 Å². The van der Waals surface area contributed by atoms with Gasteiger partial charge in [-0.25, -0.2) is 0 Å². The maximum Gasteiger partial charge on any atom is 0.282 e. The molecule has 3 amide bonds. The van der Waals surface area contributed by atoms with Crippen LogP contribution in [-0.2, 0) is 4.79 Å². The number of rotatable bonds is 7. The molecule has 0 saturated heterocycles. The lowest BCUT2D eigenvalue weighted by Gasteiger charge is -2.20. The average Bonchev–Trinajstić information content (AvgIpc) is 2.93. The number of carbonyl (C=O) groups is 3. The van der Waals surface area contributed by atoms with E-state index in [-0.39, 0.29) is 17.2 Å². The highest BCUT2D eigenvalue weighted by Gasteiger charge is 2.41. The summed E-state index contributed by atoms with van der Waals surface area (Å²) in [5.41, 5.74) is 0.168. The number of imide groups is 1. The Labute approximate surface area is 161 Å². The molecule has 1 aliphatic heterocycles. The van der Waals surface area contributed by atoms with Gasteiger partial charge in [0.2, 0.25) is 5.91 Å². The molecule has 8 heteroatoms. The summed E-state index contributed by atoms with van der Waals surface area (Å²) in [6.07, 6.45) is 1.53. The van der Waals surface area contributed by atoms with Gasteiger partial charge in [0.25, 0.3) is 17.5 Å². The Kier molecular flexibility index (Phi) is 5.49. The summed E-state index contributed by atoms with van der Waals surface area (Å²) in [6.45, 7) is 1.50. The van der Waals surface area contributed by atoms with Gasteiger partial charge < -0.3 is 5.32 Å². The van der Waals surface area contributed by atoms with Gasteiger partial charge in [0.05, 0.1) is 16.5 Å². The zero-order valence-corrected chi connectivity index (χ0v) is 15.3. The predicted molar refractivity (Wildman–Crippen MR) is 101 cm³/mol. The second-order valence-corrected chi connectivity index (χ2v) is 6.47. The molecule has 0 bridgehead atoms. The second-order valence-electron chi connectivity index (χ2n) is 6.47. The van der Waals surface area contributed by atoms with E-state index >= 15 is 0 Å². The van der Waals surface area contributed by atoms with Crippen LogP contribution in [0.5, 0.6) is 0 Å². The van der Waals surface area contributed by atoms with Gasteiger partial charge in [0.15, 0.2) is 0 Å². The van der Waals surface area contributed by atoms with E-state index in [0.29, 0.717) is 6.42 Å². The molecule has 2 aromatic rings. The summed E-state index contributed by atoms with van der Waals surface area (Å²) < 4.78 is 0. The molecule has 0 spiro atoms. The van der Waals surface area contributed by atoms with Crippen LogP contribution in [0.15, 0.2) is 48.5 Å². The SMILES string of the molecule is CCCC(NC(=O)CN1C(=O)c2cccc([N+](=O)[O-])c2C1=O)c1ccccc1. The number of nitro benzene ring substituents is 1. The first-order valence-electron chi connectivity index (χ1n) is 8.92. The Morgan fingerprint density at radius 2 is 1.82 bits per heavy atom. The van der Waals surface area contributed by atoms with Crippen molar-refractivity contribution in [1.29, 1.82) is 0 Å². The monoisotopic (exact) mass is 381 g/mol. The van der Waals surface area contributed by atoms with E-state index in [1.807, 2.05) is 37.3 Å². The minimum atomic E-state index is -0.825. The van der Waals surface area contributed by atoms with Gasteiger partial charge in [-0.05, 0) is 18.1 Å². The molecule has 1 aliphatic rings. The molecule has 2 aromatic carbocycles. The first-order chi connectivity index (χ1) is 13.4. The number of amides is 3. The van der Waals surface area contributed by atoms with Crippen LogP contribution in [0.3, 0.4) is 0 Å². The molecular weight excluding hydrogens is 362 g/mol. The van der Waals surface area contributed by atoms with Gasteiger partial charge in [0.1, 0.15) is 12.1 Å². The molecule has 0 aromatic heterocycles. The fraction of sp³-hybridized carbons (Fsp3) is 0.250. The van der Waals surface area contributed by atoms with Crippen molar-refractivity contribution in [3.63, 3.8) is 0 Å². The molecule has 3 rings (SSSR count). The van der Waals surface area contributed by atoms with Crippen LogP contribution in [0.2, 0.25) is 0 Å². The Hall–Kier alpha value is -3.55. The van der Waals surface area contributed by atoms with Crippen LogP contribution in [0.1, 0.15) is 52.1 Å². The van der Waals surface area contributed by atoms with Crippen LogP contribution in [0.4, 0.5) is 5.69 Å². The van der Waals surface area contributed by atoms with Crippen LogP contribution >= 0.6 is 0 Å². The minimum Gasteiger partial charge on any atom is -0.348 e. The largest absolute Gasteiger partial charge is 0.348 e. The van der Waals surface area contributed by atoms with E-state index in [4.69, 9.17) is 0 Å². The van der Waals surface area contributed by atoms with E-state index < -0.39 is 34.9 Å². The van der Waals surface area contributed by atoms with Crippen molar-refractivity contribution in [2.45, 2.75) is 25.8 Å². The molecule has 1 N–H and O–H groups in total. The lowest BCUT2D eigenvalue weighted by molar-refractivity contribution is -0.385. The number of benzene rings is 2. The standard InChI is InChI=1S/C20H19N3O5/c1-2-7-15(13-8-4-3-5-9-13)21-17(24)12-22-19(25)14-10-6-11-16(23(27)28)18(14)20(22)26/h3-6,8-11,15H,2,7,12H2,1H3,(H,21,24). The lowest BCUT2D eigenvalue weighted by atomic mass is 10.0. The van der Waals surface area contributed by atoms with Crippen molar-refractivity contribution in [3.8, 4) is 0 Å². The zero-order valence-electron chi connectivity index (χ0n) is 15.3. The number of nitrogens with one attached hydrogen (secondary N) is 1. The molecule has 144 valence electrons. The summed E-state index contributed by atoms with van der Waals surface area (Å²) in [6, 6.07) is 13.0. The Balaban J connectivity index is 1.77. The zero-order chi connectivity index (χ0) is 20.3. The molecule has 0 radical (unpaired) electrons. The first kappa shape index (κ1) is 19.2. The third kappa shape index (κ3) is 3.62. The van der Waals surface area contributed by atoms with Crippen molar-refractivity contribution in [2.75, 3.05) is 6.54 Å². The number of hydrogen-bond donors (Lipinski definition) is 1. The van der Waals surface area contributed by atoms with Gasteiger partial charge in [-0.15, -0.1) is 0 Å². The van der Waals surface area contributed by atoms with E-state index in [2.05, 4.69) is 5.32 Å². The van der Waals surface area contributed by atoms with Crippen molar-refractivity contribution in [3.05, 3.63) is 75.3 Å². The Morgan fingerprint density at radius 3 is 2.46 bits per heavy atom. The van der Waals surface area contributed by atoms with E-state index in [1.165, 1.54) is 18.2 Å². The number of nitrogens with zero attached hydrogens (tertiary/aromatic N) is 2. The van der Waals surface area contributed by atoms with Crippen molar-refractivity contribution in [1.82, 2.24) is 10.2 Å². The molecule has 0 aliphatic carbocycles. The smallest absolute Gasteiger partial charge is 0.282 e. The van der Waals surface area contributed by atoms with Crippen LogP contribution in [-0.4, -0.2) is 34.1 Å². The third-order valence-corrected chi connectivity index (χ3v) is 4.59. The van der Waals surface area contributed by atoms with Crippen molar-refractivity contribution < 1.29 is 19.3 Å². The first-order valence-corrected chi connectivity index (χ1v) is 8.92. The fourth-order valence-corrected chi connectivity index (χ4v) is 3.29. The Bertz CT molecular complexity index is 942. The summed E-state index contributed by atoms with van der Waals surface area (Å²) >= 11 is 0. The molecule has 8 nitrogen and oxygen atoms in total. The number of hydrogen-bond acceptors (Lipinski definition) is 5. The summed E-state index contributed by atoms with van der Waals surface area (Å²) in [4.78, 5) is 48.8. The maximum atomic E-state index is 12.6. The number of fused-ring (bicyclic) bond motifs is 1. The molecule has 0 saturated carbocycles. The Morgan fingerprint density at radius 1 is 1.11 bits per heavy atom. The fourth-order valence-electron chi connectivity index (χ4n) is 3.29. The summed E-state index contributed by atoms with van der Waals surface area (Å²) in [5.74, 6) is -2.03. The summed E-state index contributed by atoms with van der Waals surface area (Å²) in [7, 11) is 0. The van der Waals surface area contributed by atoms with Gasteiger partial charge in [-0.1, -0.05) is 49.7 Å². The number of carbonyl (C=O) groups excluding carboxylic acids is 3. The molecular formula is C20H19N3O5. The van der Waals surface area contributed by atoms with E-state index in [0.717, 1.165) is 16.9 Å². The van der Waals surface area contributed by atoms with Crippen LogP contribution in [0.25, 0.3) is 0 Å². The normalized spacial score (nSPS) is 14.0. The topological polar surface area (TPSA) is 110 Å². The van der Waals surface area contributed by atoms with Gasteiger partial charge in [0, 0.05) is 6.07 Å². The second kappa shape index (κ2) is 7.99. The molecule has 1 atom stereocenters. The highest BCUT2D eigenvalue weighted by Crippen LogP contribution is 2.30. The third-order valence-electron chi connectivity index (χ3n) is 4.59.